The van der Waals surface area contributed by atoms with E-state index in [4.69, 9.17) is 15.9 Å². The number of rotatable bonds is 9. The van der Waals surface area contributed by atoms with Gasteiger partial charge in [0.15, 0.2) is 9.84 Å². The maximum Gasteiger partial charge on any atom is 0.179 e. The third kappa shape index (κ3) is 5.18. The summed E-state index contributed by atoms with van der Waals surface area (Å²) in [6, 6.07) is 6.51. The first kappa shape index (κ1) is 17.1. The van der Waals surface area contributed by atoms with E-state index >= 15 is 0 Å². The van der Waals surface area contributed by atoms with Crippen LogP contribution in [0.3, 0.4) is 0 Å². The van der Waals surface area contributed by atoms with Crippen LogP contribution in [-0.4, -0.2) is 62.1 Å². The van der Waals surface area contributed by atoms with Crippen LogP contribution in [-0.2, 0) is 16.4 Å². The van der Waals surface area contributed by atoms with Gasteiger partial charge < -0.3 is 15.9 Å². The van der Waals surface area contributed by atoms with Gasteiger partial charge in [-0.15, -0.1) is 0 Å². The fraction of sp³-hybridized carbons (Fsp3) is 0.538. The number of nitrogens with two attached hydrogens (primary N) is 1. The van der Waals surface area contributed by atoms with Crippen LogP contribution in [0.2, 0.25) is 0 Å². The zero-order valence-corrected chi connectivity index (χ0v) is 12.2. The monoisotopic (exact) mass is 302 g/mol. The van der Waals surface area contributed by atoms with Gasteiger partial charge in [-0.2, -0.15) is 0 Å². The quantitative estimate of drug-likeness (QED) is 0.552. The average molecular weight is 302 g/mol. The van der Waals surface area contributed by atoms with Gasteiger partial charge in [-0.25, -0.2) is 8.42 Å². The number of benzene rings is 1. The molecule has 0 aliphatic heterocycles. The lowest BCUT2D eigenvalue weighted by Crippen LogP contribution is -2.34. The van der Waals surface area contributed by atoms with Crippen molar-refractivity contribution >= 4 is 9.84 Å². The molecule has 0 unspecified atom stereocenters. The largest absolute Gasteiger partial charge is 0.395 e. The molecular formula is C13H22N2O4S. The van der Waals surface area contributed by atoms with Crippen molar-refractivity contribution in [2.24, 2.45) is 5.73 Å². The topological polar surface area (TPSA) is 104 Å². The Morgan fingerprint density at radius 3 is 2.00 bits per heavy atom. The number of nitrogens with zero attached hydrogens (tertiary/aromatic N) is 1. The third-order valence-corrected chi connectivity index (χ3v) is 4.74. The fourth-order valence-corrected chi connectivity index (χ4v) is 3.10. The molecule has 0 heterocycles. The summed E-state index contributed by atoms with van der Waals surface area (Å²) in [5.74, 6) is -0.0467. The molecular weight excluding hydrogens is 280 g/mol. The Bertz CT molecular complexity index is 482. The SMILES string of the molecule is NCc1ccc(S(=O)(=O)CCN(CCO)CCO)cc1. The first-order valence-electron chi connectivity index (χ1n) is 6.49. The molecule has 0 spiro atoms. The van der Waals surface area contributed by atoms with Crippen molar-refractivity contribution in [1.29, 1.82) is 0 Å². The maximum absolute atomic E-state index is 12.2. The minimum atomic E-state index is -3.36. The molecule has 0 fully saturated rings. The van der Waals surface area contributed by atoms with Gasteiger partial charge in [0.1, 0.15) is 0 Å². The van der Waals surface area contributed by atoms with Crippen LogP contribution in [0.15, 0.2) is 29.2 Å². The van der Waals surface area contributed by atoms with E-state index in [0.717, 1.165) is 5.56 Å². The maximum atomic E-state index is 12.2. The molecule has 0 aromatic heterocycles. The van der Waals surface area contributed by atoms with Crippen LogP contribution in [0.5, 0.6) is 0 Å². The second-order valence-electron chi connectivity index (χ2n) is 4.46. The predicted molar refractivity (Wildman–Crippen MR) is 77.0 cm³/mol. The van der Waals surface area contributed by atoms with Crippen molar-refractivity contribution < 1.29 is 18.6 Å². The standard InChI is InChI=1S/C13H22N2O4S/c14-11-12-1-3-13(4-2-12)20(18,19)10-7-15(5-8-16)6-9-17/h1-4,16-17H,5-11,14H2. The summed E-state index contributed by atoms with van der Waals surface area (Å²) in [6.45, 7) is 1.23. The average Bonchev–Trinajstić information content (AvgIpc) is 2.45. The van der Waals surface area contributed by atoms with Crippen LogP contribution in [0, 0.1) is 0 Å². The van der Waals surface area contributed by atoms with Gasteiger partial charge in [-0.3, -0.25) is 4.90 Å². The van der Waals surface area contributed by atoms with Crippen molar-refractivity contribution in [1.82, 2.24) is 4.90 Å². The van der Waals surface area contributed by atoms with Gasteiger partial charge in [-0.1, -0.05) is 12.1 Å². The number of hydrogen-bond donors (Lipinski definition) is 3. The lowest BCUT2D eigenvalue weighted by molar-refractivity contribution is 0.167. The molecule has 7 heteroatoms. The van der Waals surface area contributed by atoms with Gasteiger partial charge in [0, 0.05) is 26.2 Å². The van der Waals surface area contributed by atoms with Crippen LogP contribution in [0.4, 0.5) is 0 Å². The Morgan fingerprint density at radius 1 is 1.00 bits per heavy atom. The van der Waals surface area contributed by atoms with Crippen molar-refractivity contribution in [3.05, 3.63) is 29.8 Å². The van der Waals surface area contributed by atoms with Gasteiger partial charge in [0.25, 0.3) is 0 Å². The van der Waals surface area contributed by atoms with Crippen LogP contribution in [0.25, 0.3) is 0 Å². The molecule has 114 valence electrons. The summed E-state index contributed by atoms with van der Waals surface area (Å²) in [5, 5.41) is 17.8. The molecule has 1 rings (SSSR count). The van der Waals surface area contributed by atoms with Crippen molar-refractivity contribution in [2.45, 2.75) is 11.4 Å². The normalized spacial score (nSPS) is 12.0. The molecule has 0 saturated heterocycles. The van der Waals surface area contributed by atoms with E-state index in [1.54, 1.807) is 29.2 Å². The Balaban J connectivity index is 2.68. The number of aliphatic hydroxyl groups excluding tert-OH is 2. The van der Waals surface area contributed by atoms with Crippen LogP contribution in [0.1, 0.15) is 5.56 Å². The number of aliphatic hydroxyl groups is 2. The highest BCUT2D eigenvalue weighted by Gasteiger charge is 2.16. The van der Waals surface area contributed by atoms with E-state index in [9.17, 15) is 8.42 Å². The Morgan fingerprint density at radius 2 is 1.55 bits per heavy atom. The lowest BCUT2D eigenvalue weighted by Gasteiger charge is -2.19. The van der Waals surface area contributed by atoms with E-state index in [1.807, 2.05) is 0 Å². The van der Waals surface area contributed by atoms with Crippen molar-refractivity contribution in [2.75, 3.05) is 38.6 Å². The zero-order chi connectivity index (χ0) is 15.0. The molecule has 1 aromatic carbocycles. The van der Waals surface area contributed by atoms with Gasteiger partial charge in [0.05, 0.1) is 23.9 Å². The summed E-state index contributed by atoms with van der Waals surface area (Å²) in [7, 11) is -3.36. The molecule has 0 atom stereocenters. The Hall–Kier alpha value is -0.990. The predicted octanol–water partition coefficient (Wildman–Crippen LogP) is -0.794. The fourth-order valence-electron chi connectivity index (χ4n) is 1.82. The van der Waals surface area contributed by atoms with Crippen molar-refractivity contribution in [3.8, 4) is 0 Å². The van der Waals surface area contributed by atoms with Gasteiger partial charge in [-0.05, 0) is 17.7 Å². The molecule has 1 aromatic rings. The lowest BCUT2D eigenvalue weighted by atomic mass is 10.2. The highest BCUT2D eigenvalue weighted by Crippen LogP contribution is 2.12. The summed E-state index contributed by atoms with van der Waals surface area (Å²) >= 11 is 0. The Kier molecular flexibility index (Phi) is 7.11. The van der Waals surface area contributed by atoms with Crippen molar-refractivity contribution in [3.63, 3.8) is 0 Å². The Labute approximate surface area is 119 Å². The highest BCUT2D eigenvalue weighted by atomic mass is 32.2. The summed E-state index contributed by atoms with van der Waals surface area (Å²) in [4.78, 5) is 1.98. The minimum Gasteiger partial charge on any atom is -0.395 e. The first-order chi connectivity index (χ1) is 9.53. The first-order valence-corrected chi connectivity index (χ1v) is 8.14. The minimum absolute atomic E-state index is 0.0467. The van der Waals surface area contributed by atoms with Gasteiger partial charge >= 0.3 is 0 Å². The summed E-state index contributed by atoms with van der Waals surface area (Å²) < 4.78 is 24.3. The molecule has 0 amide bonds. The zero-order valence-electron chi connectivity index (χ0n) is 11.4. The van der Waals surface area contributed by atoms with Crippen LogP contribution < -0.4 is 5.73 Å². The van der Waals surface area contributed by atoms with Crippen LogP contribution >= 0.6 is 0 Å². The van der Waals surface area contributed by atoms with E-state index in [-0.39, 0.29) is 30.4 Å². The summed E-state index contributed by atoms with van der Waals surface area (Å²) in [6.07, 6.45) is 0. The molecule has 0 bridgehead atoms. The van der Waals surface area contributed by atoms with E-state index in [1.165, 1.54) is 0 Å². The highest BCUT2D eigenvalue weighted by molar-refractivity contribution is 7.91. The van der Waals surface area contributed by atoms with E-state index in [0.29, 0.717) is 19.6 Å². The summed E-state index contributed by atoms with van der Waals surface area (Å²) in [5.41, 5.74) is 6.35. The molecule has 0 radical (unpaired) electrons. The second-order valence-corrected chi connectivity index (χ2v) is 6.56. The molecule has 4 N–H and O–H groups in total. The number of sulfone groups is 1. The van der Waals surface area contributed by atoms with E-state index in [2.05, 4.69) is 0 Å². The molecule has 0 saturated carbocycles. The number of hydrogen-bond acceptors (Lipinski definition) is 6. The molecule has 6 nitrogen and oxygen atoms in total. The molecule has 20 heavy (non-hydrogen) atoms. The van der Waals surface area contributed by atoms with E-state index < -0.39 is 9.84 Å². The smallest absolute Gasteiger partial charge is 0.179 e. The van der Waals surface area contributed by atoms with Gasteiger partial charge in [0.2, 0.25) is 0 Å². The molecule has 0 aliphatic carbocycles. The second kappa shape index (κ2) is 8.33. The third-order valence-electron chi connectivity index (χ3n) is 3.03. The molecule has 0 aliphatic rings.